The smallest absolute Gasteiger partial charge is 0.271 e. The lowest BCUT2D eigenvalue weighted by Gasteiger charge is -2.26. The quantitative estimate of drug-likeness (QED) is 0.827. The van der Waals surface area contributed by atoms with Gasteiger partial charge < -0.3 is 19.5 Å². The third-order valence-corrected chi connectivity index (χ3v) is 4.74. The molecule has 7 heteroatoms. The maximum Gasteiger partial charge on any atom is 0.271 e. The van der Waals surface area contributed by atoms with Crippen molar-refractivity contribution < 1.29 is 9.53 Å². The number of carbonyl (C=O) groups excluding carboxylic acids is 1. The van der Waals surface area contributed by atoms with Gasteiger partial charge in [-0.25, -0.2) is 4.98 Å². The summed E-state index contributed by atoms with van der Waals surface area (Å²) in [6.07, 6.45) is 5.48. The van der Waals surface area contributed by atoms with Crippen LogP contribution in [0.3, 0.4) is 0 Å². The Hall–Kier alpha value is -3.09. The molecule has 2 aromatic heterocycles. The van der Waals surface area contributed by atoms with Gasteiger partial charge in [0.2, 0.25) is 11.8 Å². The first-order chi connectivity index (χ1) is 12.5. The summed E-state index contributed by atoms with van der Waals surface area (Å²) >= 11 is 0. The van der Waals surface area contributed by atoms with Crippen LogP contribution in [0.5, 0.6) is 5.88 Å². The maximum absolute atomic E-state index is 12.4. The average molecular weight is 354 g/mol. The number of anilines is 1. The number of aromatic nitrogens is 2. The highest BCUT2D eigenvalue weighted by Gasteiger charge is 2.29. The van der Waals surface area contributed by atoms with Crippen molar-refractivity contribution in [2.75, 3.05) is 32.1 Å². The van der Waals surface area contributed by atoms with Gasteiger partial charge in [-0.15, -0.1) is 0 Å². The van der Waals surface area contributed by atoms with Crippen molar-refractivity contribution >= 4 is 11.6 Å². The zero-order valence-electron chi connectivity index (χ0n) is 14.9. The minimum absolute atomic E-state index is 0.0764. The number of H-pyrrole nitrogens is 1. The van der Waals surface area contributed by atoms with E-state index in [-0.39, 0.29) is 17.5 Å². The predicted octanol–water partition coefficient (Wildman–Crippen LogP) is 1.67. The van der Waals surface area contributed by atoms with E-state index in [0.717, 1.165) is 17.5 Å². The van der Waals surface area contributed by atoms with Gasteiger partial charge in [-0.3, -0.25) is 9.59 Å². The summed E-state index contributed by atoms with van der Waals surface area (Å²) in [5, 5.41) is 0. The molecular formula is C19H22N4O3. The second kappa shape index (κ2) is 7.43. The third-order valence-electron chi connectivity index (χ3n) is 4.74. The minimum Gasteiger partial charge on any atom is -0.481 e. The van der Waals surface area contributed by atoms with Gasteiger partial charge in [0.15, 0.2) is 0 Å². The molecule has 1 aliphatic rings. The molecule has 2 aromatic rings. The molecule has 1 aliphatic heterocycles. The number of pyridine rings is 2. The molecule has 0 aliphatic carbocycles. The predicted molar refractivity (Wildman–Crippen MR) is 100 cm³/mol. The molecule has 3 rings (SSSR count). The molecule has 26 heavy (non-hydrogen) atoms. The number of aromatic amines is 1. The van der Waals surface area contributed by atoms with Crippen LogP contribution in [0.2, 0.25) is 0 Å². The van der Waals surface area contributed by atoms with E-state index in [1.54, 1.807) is 24.4 Å². The van der Waals surface area contributed by atoms with Gasteiger partial charge in [-0.1, -0.05) is 6.58 Å². The number of methoxy groups -OCH3 is 1. The highest BCUT2D eigenvalue weighted by molar-refractivity contribution is 5.87. The summed E-state index contributed by atoms with van der Waals surface area (Å²) in [6, 6.07) is 5.62. The van der Waals surface area contributed by atoms with E-state index < -0.39 is 0 Å². The Morgan fingerprint density at radius 3 is 3.00 bits per heavy atom. The van der Waals surface area contributed by atoms with Gasteiger partial charge in [-0.2, -0.15) is 0 Å². The minimum atomic E-state index is -0.161. The van der Waals surface area contributed by atoms with Gasteiger partial charge >= 0.3 is 0 Å². The maximum atomic E-state index is 12.4. The number of hydrogen-bond acceptors (Lipinski definition) is 5. The van der Waals surface area contributed by atoms with Gasteiger partial charge in [0, 0.05) is 50.2 Å². The zero-order chi connectivity index (χ0) is 18.7. The Morgan fingerprint density at radius 1 is 1.46 bits per heavy atom. The molecule has 0 saturated carbocycles. The lowest BCUT2D eigenvalue weighted by Crippen LogP contribution is -2.38. The molecule has 1 N–H and O–H groups in total. The molecule has 0 radical (unpaired) electrons. The van der Waals surface area contributed by atoms with Crippen LogP contribution >= 0.6 is 0 Å². The number of amides is 1. The first-order valence-electron chi connectivity index (χ1n) is 8.40. The normalized spacial score (nSPS) is 16.4. The fourth-order valence-electron chi connectivity index (χ4n) is 3.18. The van der Waals surface area contributed by atoms with Crippen molar-refractivity contribution in [2.24, 2.45) is 0 Å². The van der Waals surface area contributed by atoms with Gasteiger partial charge in [0.1, 0.15) is 5.69 Å². The first-order valence-corrected chi connectivity index (χ1v) is 8.40. The Kier molecular flexibility index (Phi) is 5.06. The molecule has 1 amide bonds. The average Bonchev–Trinajstić information content (AvgIpc) is 3.17. The first kappa shape index (κ1) is 17.7. The van der Waals surface area contributed by atoms with Crippen molar-refractivity contribution in [1.82, 2.24) is 14.9 Å². The molecule has 1 saturated heterocycles. The molecule has 0 spiro atoms. The van der Waals surface area contributed by atoms with E-state index in [4.69, 9.17) is 4.74 Å². The van der Waals surface area contributed by atoms with Crippen molar-refractivity contribution in [3.63, 3.8) is 0 Å². The van der Waals surface area contributed by atoms with Gasteiger partial charge in [0.05, 0.1) is 7.11 Å². The fraction of sp³-hybridized carbons (Fsp3) is 0.316. The van der Waals surface area contributed by atoms with Crippen LogP contribution in [-0.2, 0) is 4.79 Å². The Bertz CT molecular complexity index is 877. The lowest BCUT2D eigenvalue weighted by atomic mass is 10.1. The summed E-state index contributed by atoms with van der Waals surface area (Å²) in [7, 11) is 3.45. The molecule has 0 bridgehead atoms. The van der Waals surface area contributed by atoms with E-state index in [0.29, 0.717) is 24.7 Å². The molecule has 7 nitrogen and oxygen atoms in total. The van der Waals surface area contributed by atoms with Gasteiger partial charge in [0.25, 0.3) is 5.56 Å². The van der Waals surface area contributed by atoms with Crippen LogP contribution < -0.4 is 15.2 Å². The van der Waals surface area contributed by atoms with Gasteiger partial charge in [-0.05, 0) is 30.2 Å². The van der Waals surface area contributed by atoms with Crippen LogP contribution in [-0.4, -0.2) is 54.1 Å². The Balaban J connectivity index is 1.87. The second-order valence-corrected chi connectivity index (χ2v) is 6.23. The molecule has 1 atom stereocenters. The molecule has 0 unspecified atom stereocenters. The monoisotopic (exact) mass is 354 g/mol. The van der Waals surface area contributed by atoms with E-state index in [2.05, 4.69) is 16.5 Å². The number of hydrogen-bond donors (Lipinski definition) is 1. The molecule has 1 fully saturated rings. The second-order valence-electron chi connectivity index (χ2n) is 6.23. The number of carbonyl (C=O) groups is 1. The van der Waals surface area contributed by atoms with Crippen LogP contribution in [0.4, 0.5) is 5.69 Å². The van der Waals surface area contributed by atoms with Crippen molar-refractivity contribution in [3.8, 4) is 17.0 Å². The summed E-state index contributed by atoms with van der Waals surface area (Å²) in [4.78, 5) is 34.7. The number of ether oxygens (including phenoxy) is 1. The number of nitrogens with zero attached hydrogens (tertiary/aromatic N) is 3. The summed E-state index contributed by atoms with van der Waals surface area (Å²) in [6.45, 7) is 4.77. The summed E-state index contributed by atoms with van der Waals surface area (Å²) < 4.78 is 5.16. The van der Waals surface area contributed by atoms with Crippen molar-refractivity contribution in [3.05, 3.63) is 53.6 Å². The standard InChI is InChI=1S/C19H22N4O3/c1-4-18(24)23-8-6-15(12-23)22(2)16-9-14(11-21-19(16)25)13-5-7-20-17(10-13)26-3/h4-5,7,9-11,15H,1,6,8,12H2,2-3H3,(H,21,25)/t15-/m0/s1. The highest BCUT2D eigenvalue weighted by Crippen LogP contribution is 2.25. The van der Waals surface area contributed by atoms with E-state index in [1.807, 2.05) is 30.1 Å². The van der Waals surface area contributed by atoms with Crippen LogP contribution in [0.1, 0.15) is 6.42 Å². The number of likely N-dealkylation sites (tertiary alicyclic amines) is 1. The van der Waals surface area contributed by atoms with E-state index >= 15 is 0 Å². The lowest BCUT2D eigenvalue weighted by molar-refractivity contribution is -0.125. The SMILES string of the molecule is C=CC(=O)N1CC[C@H](N(C)c2cc(-c3ccnc(OC)c3)c[nH]c2=O)C1. The largest absolute Gasteiger partial charge is 0.481 e. The number of rotatable bonds is 5. The fourth-order valence-corrected chi connectivity index (χ4v) is 3.18. The molecule has 0 aromatic carbocycles. The number of likely N-dealkylation sites (N-methyl/N-ethyl adjacent to an activating group) is 1. The number of nitrogens with one attached hydrogen (secondary N) is 1. The highest BCUT2D eigenvalue weighted by atomic mass is 16.5. The summed E-state index contributed by atoms with van der Waals surface area (Å²) in [5.74, 6) is 0.436. The molecule has 3 heterocycles. The van der Waals surface area contributed by atoms with E-state index in [9.17, 15) is 9.59 Å². The summed E-state index contributed by atoms with van der Waals surface area (Å²) in [5.41, 5.74) is 2.17. The Labute approximate surface area is 151 Å². The Morgan fingerprint density at radius 2 is 2.27 bits per heavy atom. The van der Waals surface area contributed by atoms with Crippen LogP contribution in [0.25, 0.3) is 11.1 Å². The molecule has 136 valence electrons. The zero-order valence-corrected chi connectivity index (χ0v) is 14.9. The van der Waals surface area contributed by atoms with Crippen LogP contribution in [0, 0.1) is 0 Å². The molecular weight excluding hydrogens is 332 g/mol. The van der Waals surface area contributed by atoms with E-state index in [1.165, 1.54) is 6.08 Å². The van der Waals surface area contributed by atoms with Crippen LogP contribution in [0.15, 0.2) is 48.0 Å². The topological polar surface area (TPSA) is 78.5 Å². The van der Waals surface area contributed by atoms with Crippen molar-refractivity contribution in [2.45, 2.75) is 12.5 Å². The van der Waals surface area contributed by atoms with Crippen molar-refractivity contribution in [1.29, 1.82) is 0 Å². The third kappa shape index (κ3) is 3.46.